The van der Waals surface area contributed by atoms with Gasteiger partial charge in [0.15, 0.2) is 0 Å². The van der Waals surface area contributed by atoms with Crippen LogP contribution in [0.25, 0.3) is 122 Å². The first-order chi connectivity index (χ1) is 53.0. The SMILES string of the molecule is CC(O)CC(C)O.CC(O)CC(C)O.CC(O)CC(C)O.Cc1cnc(-c2[c-]cc(-c3ccc4c(c3)C(C)(C)c3ccccc3-4)c3ccccc23)c(C)n1.Cc1cnc(-c2[c-]cc(-c3ccc4ccccc4c3)c3ccccc23)c(C)n1.Cc1cnc(-c2[c-]cc3c(c2)C(C)(C)c2cc(-c4ccccc4)ccc2-3)c(C)n1.[Ir].[Ir].[Ir]. The average Bonchev–Trinajstić information content (AvgIpc) is 1.57. The topological polar surface area (TPSA) is 199 Å². The Bertz CT molecular complexity index is 5560. The zero-order valence-electron chi connectivity index (χ0n) is 67.8. The van der Waals surface area contributed by atoms with E-state index in [0.29, 0.717) is 19.3 Å². The van der Waals surface area contributed by atoms with Gasteiger partial charge in [0.25, 0.3) is 0 Å². The molecule has 0 amide bonds. The van der Waals surface area contributed by atoms with E-state index in [-0.39, 0.29) is 108 Å². The summed E-state index contributed by atoms with van der Waals surface area (Å²) in [4.78, 5) is 27.8. The molecule has 3 radical (unpaired) electrons. The molecule has 2 aliphatic carbocycles. The molecule has 0 saturated heterocycles. The van der Waals surface area contributed by atoms with Crippen molar-refractivity contribution in [2.24, 2.45) is 0 Å². The third kappa shape index (κ3) is 21.4. The second kappa shape index (κ2) is 40.1. The summed E-state index contributed by atoms with van der Waals surface area (Å²) in [6, 6.07) is 84.3. The smallest absolute Gasteiger partial charge is 0.0539 e. The number of hydrogen-bond acceptors (Lipinski definition) is 12. The standard InChI is InChI=1S/C31H25N2.C27H23N2.C26H19N2.3C5H12O2.3Ir/c1-19-18-32-30(20(2)33-19)27-16-15-22(23-9-5-6-10-24(23)27)21-13-14-26-25-11-7-8-12-28(25)31(3,4)29(26)17-21;1-17-16-28-26(18(2)29-17)21-11-13-23-22-12-10-20(19-8-6-5-7-9-19)14-24(22)27(3,4)25(23)15-21;1-17-16-27-26(18(2)28-17)25-14-13-22(23-9-5-6-10-24(23)25)21-12-11-19-7-3-4-8-20(19)15-21;3*1-4(6)3-5(2)7;;;/h5-15,17-18H,1-4H3;5-10,12-16H,1-4H3;3-13,15-16H,1-2H3;3*4-7H,3H2,1-2H3;;;/q3*-1;;;;;;. The van der Waals surface area contributed by atoms with Crippen molar-refractivity contribution in [3.05, 3.63) is 299 Å². The molecule has 12 nitrogen and oxygen atoms in total. The van der Waals surface area contributed by atoms with Crippen molar-refractivity contribution in [3.8, 4) is 89.4 Å². The summed E-state index contributed by atoms with van der Waals surface area (Å²) in [5, 5.41) is 58.6. The Morgan fingerprint density at radius 3 is 1.12 bits per heavy atom. The van der Waals surface area contributed by atoms with Crippen molar-refractivity contribution in [3.63, 3.8) is 0 Å². The predicted octanol–water partition coefficient (Wildman–Crippen LogP) is 21.2. The molecule has 6 unspecified atom stereocenters. The molecule has 14 aromatic rings. The summed E-state index contributed by atoms with van der Waals surface area (Å²) in [6.45, 7) is 31.2. The fourth-order valence-electron chi connectivity index (χ4n) is 15.2. The van der Waals surface area contributed by atoms with Gasteiger partial charge in [0.05, 0.1) is 53.7 Å². The molecule has 6 atom stereocenters. The van der Waals surface area contributed by atoms with E-state index >= 15 is 0 Å². The number of aryl methyl sites for hydroxylation is 6. The van der Waals surface area contributed by atoms with Gasteiger partial charge in [0, 0.05) is 118 Å². The molecule has 114 heavy (non-hydrogen) atoms. The van der Waals surface area contributed by atoms with Crippen molar-refractivity contribution in [2.75, 3.05) is 0 Å². The van der Waals surface area contributed by atoms with Gasteiger partial charge < -0.3 is 45.6 Å². The van der Waals surface area contributed by atoms with E-state index in [1.165, 1.54) is 99.4 Å². The number of aliphatic hydroxyl groups is 6. The van der Waals surface area contributed by atoms with Crippen LogP contribution in [0.3, 0.4) is 0 Å². The number of benzene rings is 11. The summed E-state index contributed by atoms with van der Waals surface area (Å²) >= 11 is 0. The quantitative estimate of drug-likeness (QED) is 0.0634. The minimum absolute atomic E-state index is 0. The molecule has 11 aromatic carbocycles. The second-order valence-corrected chi connectivity index (χ2v) is 30.8. The molecule has 3 aromatic heterocycles. The number of hydrogen-bond donors (Lipinski definition) is 6. The number of rotatable bonds is 12. The first-order valence-corrected chi connectivity index (χ1v) is 38.4. The van der Waals surface area contributed by atoms with Crippen LogP contribution in [0.5, 0.6) is 0 Å². The summed E-state index contributed by atoms with van der Waals surface area (Å²) in [5.74, 6) is 0. The monoisotopic (exact) mass is 2050 g/mol. The molecular formula is C99H103Ir3N6O6-3. The first-order valence-electron chi connectivity index (χ1n) is 38.4. The van der Waals surface area contributed by atoms with Crippen LogP contribution in [0.4, 0.5) is 0 Å². The molecule has 16 rings (SSSR count). The number of nitrogens with zero attached hydrogens (tertiary/aromatic N) is 6. The molecule has 0 saturated carbocycles. The van der Waals surface area contributed by atoms with Gasteiger partial charge in [-0.05, 0) is 157 Å². The fourth-order valence-corrected chi connectivity index (χ4v) is 15.2. The van der Waals surface area contributed by atoms with Crippen LogP contribution in [0.2, 0.25) is 0 Å². The Balaban J connectivity index is 0.000000188. The summed E-state index contributed by atoms with van der Waals surface area (Å²) < 4.78 is 0. The van der Waals surface area contributed by atoms with Crippen LogP contribution in [0.1, 0.15) is 145 Å². The van der Waals surface area contributed by atoms with E-state index in [1.807, 2.05) is 60.1 Å². The first kappa shape index (κ1) is 90.7. The van der Waals surface area contributed by atoms with E-state index in [1.54, 1.807) is 41.5 Å². The van der Waals surface area contributed by atoms with Crippen molar-refractivity contribution in [1.29, 1.82) is 0 Å². The van der Waals surface area contributed by atoms with Crippen LogP contribution >= 0.6 is 0 Å². The largest absolute Gasteiger partial charge is 0.393 e. The van der Waals surface area contributed by atoms with Crippen molar-refractivity contribution >= 4 is 32.3 Å². The Labute approximate surface area is 713 Å². The zero-order chi connectivity index (χ0) is 79.6. The van der Waals surface area contributed by atoms with E-state index in [2.05, 4.69) is 277 Å². The predicted molar refractivity (Wildman–Crippen MR) is 455 cm³/mol. The molecule has 0 aliphatic heterocycles. The van der Waals surface area contributed by atoms with E-state index in [9.17, 15) is 0 Å². The number of aliphatic hydroxyl groups excluding tert-OH is 6. The zero-order valence-corrected chi connectivity index (χ0v) is 75.0. The van der Waals surface area contributed by atoms with Crippen LogP contribution < -0.4 is 0 Å². The molecule has 15 heteroatoms. The molecule has 0 bridgehead atoms. The van der Waals surface area contributed by atoms with E-state index in [0.717, 1.165) is 78.7 Å². The number of fused-ring (bicyclic) bond motifs is 9. The molecule has 0 fully saturated rings. The maximum Gasteiger partial charge on any atom is 0.0539 e. The summed E-state index contributed by atoms with van der Waals surface area (Å²) in [5.41, 5.74) is 29.3. The summed E-state index contributed by atoms with van der Waals surface area (Å²) in [7, 11) is 0. The maximum absolute atomic E-state index is 8.56. The third-order valence-electron chi connectivity index (χ3n) is 20.3. The van der Waals surface area contributed by atoms with Crippen molar-refractivity contribution in [2.45, 2.75) is 177 Å². The maximum atomic E-state index is 8.56. The molecule has 2 aliphatic rings. The fraction of sp³-hybridized carbons (Fsp3) is 0.273. The van der Waals surface area contributed by atoms with Gasteiger partial charge in [-0.1, -0.05) is 265 Å². The van der Waals surface area contributed by atoms with Crippen LogP contribution in [0, 0.1) is 59.7 Å². The minimum atomic E-state index is -0.375. The van der Waals surface area contributed by atoms with Crippen molar-refractivity contribution in [1.82, 2.24) is 29.9 Å². The van der Waals surface area contributed by atoms with E-state index < -0.39 is 0 Å². The Hall–Kier alpha value is -8.85. The molecule has 3 heterocycles. The Kier molecular flexibility index (Phi) is 31.9. The second-order valence-electron chi connectivity index (χ2n) is 30.8. The van der Waals surface area contributed by atoms with Crippen LogP contribution in [-0.2, 0) is 71.1 Å². The van der Waals surface area contributed by atoms with Gasteiger partial charge >= 0.3 is 0 Å². The van der Waals surface area contributed by atoms with Crippen LogP contribution in [-0.4, -0.2) is 97.2 Å². The van der Waals surface area contributed by atoms with Gasteiger partial charge in [-0.2, -0.15) is 0 Å². The molecular weight excluding hydrogens is 1950 g/mol. The third-order valence-corrected chi connectivity index (χ3v) is 20.3. The summed E-state index contributed by atoms with van der Waals surface area (Å²) in [6.07, 6.45) is 4.65. The average molecular weight is 2050 g/mol. The van der Waals surface area contributed by atoms with Gasteiger partial charge in [-0.25, -0.2) is 0 Å². The molecule has 0 spiro atoms. The Morgan fingerprint density at radius 1 is 0.307 bits per heavy atom. The minimum Gasteiger partial charge on any atom is -0.393 e. The van der Waals surface area contributed by atoms with Crippen molar-refractivity contribution < 1.29 is 91.0 Å². The molecule has 6 N–H and O–H groups in total. The number of aromatic nitrogens is 6. The van der Waals surface area contributed by atoms with E-state index in [4.69, 9.17) is 35.6 Å². The normalized spacial score (nSPS) is 13.7. The molecule has 595 valence electrons. The Morgan fingerprint density at radius 2 is 0.658 bits per heavy atom. The van der Waals surface area contributed by atoms with Gasteiger partial charge in [-0.3, -0.25) is 15.0 Å². The van der Waals surface area contributed by atoms with Gasteiger partial charge in [-0.15, -0.1) is 64.7 Å². The van der Waals surface area contributed by atoms with Gasteiger partial charge in [0.2, 0.25) is 0 Å². The van der Waals surface area contributed by atoms with Crippen LogP contribution in [0.15, 0.2) is 225 Å². The van der Waals surface area contributed by atoms with Gasteiger partial charge in [0.1, 0.15) is 0 Å².